The highest BCUT2D eigenvalue weighted by atomic mass is 32.2. The molecule has 8 heteroatoms. The molecule has 0 saturated heterocycles. The van der Waals surface area contributed by atoms with Crippen LogP contribution >= 0.6 is 0 Å². The van der Waals surface area contributed by atoms with E-state index >= 15 is 0 Å². The van der Waals surface area contributed by atoms with Gasteiger partial charge in [-0.1, -0.05) is 24.8 Å². The second-order valence-corrected chi connectivity index (χ2v) is 8.82. The number of hydrogen-bond acceptors (Lipinski definition) is 4. The molecule has 0 aliphatic rings. The maximum absolute atomic E-state index is 13.0. The minimum absolute atomic E-state index is 0.0819. The average Bonchev–Trinajstić information content (AvgIpc) is 2.62. The maximum atomic E-state index is 13.0. The Labute approximate surface area is 166 Å². The lowest BCUT2D eigenvalue weighted by atomic mass is 10.2. The molecular formula is C20H27N4O3S+. The van der Waals surface area contributed by atoms with Crippen molar-refractivity contribution in [2.45, 2.75) is 24.8 Å². The zero-order valence-corrected chi connectivity index (χ0v) is 17.5. The molecule has 2 amide bonds. The van der Waals surface area contributed by atoms with Gasteiger partial charge in [0.05, 0.1) is 5.69 Å². The standard InChI is InChI=1S/C20H26N4O3S/c1-6-16-8-7-9-17(12-16)22-18-10-11-23(4)13-19(18)28(26,27)14-24(5)20(25)21-15(2)3/h6-13,15H,1,14H2,2-5H3,(H,21,25)/p+1. The van der Waals surface area contributed by atoms with Gasteiger partial charge in [0, 0.05) is 24.8 Å². The van der Waals surface area contributed by atoms with Gasteiger partial charge in [0.15, 0.2) is 17.3 Å². The molecule has 0 radical (unpaired) electrons. The van der Waals surface area contributed by atoms with E-state index in [4.69, 9.17) is 0 Å². The van der Waals surface area contributed by atoms with Gasteiger partial charge in [0.1, 0.15) is 12.9 Å². The third-order valence-corrected chi connectivity index (χ3v) is 5.64. The van der Waals surface area contributed by atoms with Crippen molar-refractivity contribution in [3.05, 3.63) is 54.9 Å². The Morgan fingerprint density at radius 3 is 2.68 bits per heavy atom. The van der Waals surface area contributed by atoms with Gasteiger partial charge < -0.3 is 15.5 Å². The van der Waals surface area contributed by atoms with E-state index in [9.17, 15) is 13.2 Å². The lowest BCUT2D eigenvalue weighted by molar-refractivity contribution is -0.673. The molecule has 0 unspecified atom stereocenters. The largest absolute Gasteiger partial charge is 0.354 e. The van der Waals surface area contributed by atoms with Crippen molar-refractivity contribution >= 4 is 33.3 Å². The number of aromatic nitrogens is 1. The molecule has 0 bridgehead atoms. The van der Waals surface area contributed by atoms with Crippen LogP contribution in [0.2, 0.25) is 0 Å². The number of nitrogens with one attached hydrogen (secondary N) is 2. The normalized spacial score (nSPS) is 11.2. The number of pyridine rings is 1. The average molecular weight is 404 g/mol. The molecule has 2 rings (SSSR count). The van der Waals surface area contributed by atoms with Gasteiger partial charge in [-0.05, 0) is 31.5 Å². The van der Waals surface area contributed by atoms with Crippen LogP contribution in [0, 0.1) is 0 Å². The number of anilines is 2. The molecule has 0 aliphatic carbocycles. The van der Waals surface area contributed by atoms with Gasteiger partial charge in [-0.15, -0.1) is 0 Å². The number of nitrogens with zero attached hydrogens (tertiary/aromatic N) is 2. The Hall–Kier alpha value is -2.87. The van der Waals surface area contributed by atoms with Crippen molar-refractivity contribution in [1.29, 1.82) is 0 Å². The number of carbonyl (C=O) groups excluding carboxylic acids is 1. The Balaban J connectivity index is 2.34. The fourth-order valence-electron chi connectivity index (χ4n) is 2.56. The highest BCUT2D eigenvalue weighted by Crippen LogP contribution is 2.25. The van der Waals surface area contributed by atoms with E-state index < -0.39 is 21.7 Å². The molecule has 2 N–H and O–H groups in total. The molecule has 1 heterocycles. The summed E-state index contributed by atoms with van der Waals surface area (Å²) >= 11 is 0. The number of amides is 2. The Morgan fingerprint density at radius 2 is 2.04 bits per heavy atom. The van der Waals surface area contributed by atoms with E-state index in [-0.39, 0.29) is 10.9 Å². The van der Waals surface area contributed by atoms with E-state index in [1.165, 1.54) is 13.2 Å². The molecule has 0 aliphatic heterocycles. The molecule has 150 valence electrons. The monoisotopic (exact) mass is 403 g/mol. The van der Waals surface area contributed by atoms with Gasteiger partial charge in [-0.2, -0.15) is 0 Å². The number of rotatable bonds is 7. The van der Waals surface area contributed by atoms with Crippen molar-refractivity contribution in [3.8, 4) is 0 Å². The SMILES string of the molecule is C=Cc1cccc(Nc2cc[n+](C)cc2S(=O)(=O)CN(C)C(=O)NC(C)C)c1. The molecule has 1 aromatic carbocycles. The highest BCUT2D eigenvalue weighted by molar-refractivity contribution is 7.91. The van der Waals surface area contributed by atoms with Gasteiger partial charge in [0.2, 0.25) is 9.84 Å². The topological polar surface area (TPSA) is 82.4 Å². The van der Waals surface area contributed by atoms with Crippen LogP contribution in [0.3, 0.4) is 0 Å². The summed E-state index contributed by atoms with van der Waals surface area (Å²) < 4.78 is 27.7. The molecule has 1 aromatic heterocycles. The molecule has 2 aromatic rings. The van der Waals surface area contributed by atoms with Crippen LogP contribution in [0.15, 0.2) is 54.2 Å². The summed E-state index contributed by atoms with van der Waals surface area (Å²) in [7, 11) is -0.564. The van der Waals surface area contributed by atoms with Crippen LogP contribution in [0.5, 0.6) is 0 Å². The smallest absolute Gasteiger partial charge is 0.318 e. The van der Waals surface area contributed by atoms with Gasteiger partial charge in [-0.3, -0.25) is 0 Å². The van der Waals surface area contributed by atoms with Crippen LogP contribution in [-0.2, 0) is 16.9 Å². The second kappa shape index (κ2) is 8.88. The quantitative estimate of drug-likeness (QED) is 0.697. The molecule has 28 heavy (non-hydrogen) atoms. The van der Waals surface area contributed by atoms with Gasteiger partial charge >= 0.3 is 6.03 Å². The van der Waals surface area contributed by atoms with Crippen molar-refractivity contribution in [2.75, 3.05) is 18.2 Å². The number of carbonyl (C=O) groups is 1. The summed E-state index contributed by atoms with van der Waals surface area (Å²) in [5.74, 6) is -0.434. The van der Waals surface area contributed by atoms with E-state index in [2.05, 4.69) is 17.2 Å². The summed E-state index contributed by atoms with van der Waals surface area (Å²) in [6, 6.07) is 8.66. The number of hydrogen-bond donors (Lipinski definition) is 2. The van der Waals surface area contributed by atoms with Crippen molar-refractivity contribution in [1.82, 2.24) is 10.2 Å². The first-order chi connectivity index (χ1) is 13.1. The summed E-state index contributed by atoms with van der Waals surface area (Å²) in [6.45, 7) is 7.38. The Bertz CT molecular complexity index is 971. The minimum Gasteiger partial charge on any atom is -0.354 e. The van der Waals surface area contributed by atoms with E-state index in [1.807, 2.05) is 38.1 Å². The second-order valence-electron chi connectivity index (χ2n) is 6.89. The predicted molar refractivity (Wildman–Crippen MR) is 111 cm³/mol. The third-order valence-electron chi connectivity index (χ3n) is 3.92. The Kier molecular flexibility index (Phi) is 6.80. The lowest BCUT2D eigenvalue weighted by Crippen LogP contribution is -2.43. The molecule has 0 saturated carbocycles. The molecular weight excluding hydrogens is 376 g/mol. The minimum atomic E-state index is -3.77. The molecule has 0 fully saturated rings. The molecule has 0 atom stereocenters. The molecule has 0 spiro atoms. The Morgan fingerprint density at radius 1 is 1.32 bits per heavy atom. The lowest BCUT2D eigenvalue weighted by Gasteiger charge is -2.20. The van der Waals surface area contributed by atoms with Crippen LogP contribution in [0.4, 0.5) is 16.2 Å². The van der Waals surface area contributed by atoms with Gasteiger partial charge in [-0.25, -0.2) is 17.8 Å². The van der Waals surface area contributed by atoms with Crippen molar-refractivity contribution in [3.63, 3.8) is 0 Å². The number of aryl methyl sites for hydroxylation is 1. The number of urea groups is 1. The zero-order chi connectivity index (χ0) is 20.9. The first-order valence-corrected chi connectivity index (χ1v) is 10.5. The molecule has 7 nitrogen and oxygen atoms in total. The van der Waals surface area contributed by atoms with Crippen molar-refractivity contribution in [2.24, 2.45) is 7.05 Å². The highest BCUT2D eigenvalue weighted by Gasteiger charge is 2.26. The van der Waals surface area contributed by atoms with Crippen LogP contribution in [-0.4, -0.2) is 38.3 Å². The summed E-state index contributed by atoms with van der Waals surface area (Å²) in [5, 5.41) is 5.84. The summed E-state index contributed by atoms with van der Waals surface area (Å²) in [5.41, 5.74) is 2.10. The predicted octanol–water partition coefficient (Wildman–Crippen LogP) is 2.68. The summed E-state index contributed by atoms with van der Waals surface area (Å²) in [6.07, 6.45) is 5.01. The fraction of sp³-hybridized carbons (Fsp3) is 0.300. The first-order valence-electron chi connectivity index (χ1n) is 8.85. The van der Waals surface area contributed by atoms with E-state index in [0.717, 1.165) is 16.2 Å². The van der Waals surface area contributed by atoms with E-state index in [0.29, 0.717) is 5.69 Å². The van der Waals surface area contributed by atoms with E-state index in [1.54, 1.807) is 30.0 Å². The number of sulfone groups is 1. The van der Waals surface area contributed by atoms with Crippen molar-refractivity contribution < 1.29 is 17.8 Å². The first kappa shape index (κ1) is 21.4. The van der Waals surface area contributed by atoms with Crippen LogP contribution in [0.25, 0.3) is 6.08 Å². The van der Waals surface area contributed by atoms with Crippen LogP contribution < -0.4 is 15.2 Å². The summed E-state index contributed by atoms with van der Waals surface area (Å²) in [4.78, 5) is 13.4. The van der Waals surface area contributed by atoms with Gasteiger partial charge in [0.25, 0.3) is 0 Å². The van der Waals surface area contributed by atoms with Crippen LogP contribution in [0.1, 0.15) is 19.4 Å². The number of benzene rings is 1. The zero-order valence-electron chi connectivity index (χ0n) is 16.6. The fourth-order valence-corrected chi connectivity index (χ4v) is 4.11. The maximum Gasteiger partial charge on any atom is 0.318 e. The third kappa shape index (κ3) is 5.56.